The maximum absolute atomic E-state index is 12.5. The van der Waals surface area contributed by atoms with Crippen LogP contribution in [0.3, 0.4) is 0 Å². The SMILES string of the molecule is CCOC(=O)C(N=C(SC)SC)C(=O)c1ccc([N+](=O)[O-])cc1. The Morgan fingerprint density at radius 1 is 1.26 bits per heavy atom. The van der Waals surface area contributed by atoms with Crippen LogP contribution in [-0.2, 0) is 9.53 Å². The summed E-state index contributed by atoms with van der Waals surface area (Å²) in [5.41, 5.74) is 0.0330. The number of thioether (sulfide) groups is 2. The van der Waals surface area contributed by atoms with E-state index in [9.17, 15) is 19.7 Å². The molecule has 9 heteroatoms. The summed E-state index contributed by atoms with van der Waals surface area (Å²) >= 11 is 2.63. The predicted molar refractivity (Wildman–Crippen MR) is 92.3 cm³/mol. The fourth-order valence-corrected chi connectivity index (χ4v) is 2.73. The van der Waals surface area contributed by atoms with Crippen molar-refractivity contribution in [1.29, 1.82) is 0 Å². The van der Waals surface area contributed by atoms with Gasteiger partial charge in [0.1, 0.15) is 4.38 Å². The summed E-state index contributed by atoms with van der Waals surface area (Å²) in [5, 5.41) is 10.7. The van der Waals surface area contributed by atoms with Crippen LogP contribution in [0.25, 0.3) is 0 Å². The molecule has 1 aromatic rings. The minimum atomic E-state index is -1.31. The molecule has 0 radical (unpaired) electrons. The van der Waals surface area contributed by atoms with Crippen LogP contribution in [-0.4, -0.2) is 46.2 Å². The van der Waals surface area contributed by atoms with E-state index in [0.717, 1.165) is 0 Å². The van der Waals surface area contributed by atoms with Crippen molar-refractivity contribution in [2.45, 2.75) is 13.0 Å². The number of esters is 1. The molecule has 0 fully saturated rings. The first-order valence-corrected chi connectivity index (χ1v) is 9.00. The lowest BCUT2D eigenvalue weighted by Crippen LogP contribution is -2.31. The molecule has 0 aliphatic rings. The molecule has 1 atom stereocenters. The van der Waals surface area contributed by atoms with Gasteiger partial charge < -0.3 is 4.74 Å². The van der Waals surface area contributed by atoms with Crippen molar-refractivity contribution in [3.63, 3.8) is 0 Å². The first-order valence-electron chi connectivity index (χ1n) is 6.55. The van der Waals surface area contributed by atoms with Crippen LogP contribution >= 0.6 is 23.5 Å². The van der Waals surface area contributed by atoms with E-state index in [-0.39, 0.29) is 17.9 Å². The van der Waals surface area contributed by atoms with E-state index in [2.05, 4.69) is 4.99 Å². The number of rotatable bonds is 6. The van der Waals surface area contributed by atoms with Gasteiger partial charge in [-0.3, -0.25) is 14.9 Å². The highest BCUT2D eigenvalue weighted by molar-refractivity contribution is 8.38. The normalized spacial score (nSPS) is 11.4. The van der Waals surface area contributed by atoms with Crippen LogP contribution in [0.1, 0.15) is 17.3 Å². The zero-order chi connectivity index (χ0) is 17.4. The summed E-state index contributed by atoms with van der Waals surface area (Å²) in [6, 6.07) is 3.72. The van der Waals surface area contributed by atoms with Crippen molar-refractivity contribution < 1.29 is 19.2 Å². The number of nitro benzene ring substituents is 1. The number of nitro groups is 1. The van der Waals surface area contributed by atoms with Crippen molar-refractivity contribution >= 4 is 45.3 Å². The first kappa shape index (κ1) is 19.2. The maximum Gasteiger partial charge on any atom is 0.339 e. The lowest BCUT2D eigenvalue weighted by Gasteiger charge is -2.12. The molecule has 0 bridgehead atoms. The van der Waals surface area contributed by atoms with Gasteiger partial charge in [0.2, 0.25) is 6.04 Å². The third-order valence-electron chi connectivity index (χ3n) is 2.70. The van der Waals surface area contributed by atoms with E-state index >= 15 is 0 Å². The van der Waals surface area contributed by atoms with Gasteiger partial charge in [0.25, 0.3) is 5.69 Å². The number of carbonyl (C=O) groups is 2. The smallest absolute Gasteiger partial charge is 0.339 e. The number of hydrogen-bond acceptors (Lipinski definition) is 8. The molecule has 0 aliphatic carbocycles. The van der Waals surface area contributed by atoms with Gasteiger partial charge in [0.05, 0.1) is 11.5 Å². The molecule has 0 aliphatic heterocycles. The summed E-state index contributed by atoms with van der Waals surface area (Å²) in [5.74, 6) is -1.30. The Bertz CT molecular complexity index is 610. The standard InChI is InChI=1S/C14H16N2O5S2/c1-4-21-13(18)11(15-14(22-2)23-3)12(17)9-5-7-10(8-6-9)16(19)20/h5-8,11H,4H2,1-3H3. The van der Waals surface area contributed by atoms with Gasteiger partial charge in [-0.25, -0.2) is 9.79 Å². The molecule has 0 aromatic heterocycles. The van der Waals surface area contributed by atoms with E-state index in [4.69, 9.17) is 4.74 Å². The number of ether oxygens (including phenoxy) is 1. The minimum Gasteiger partial charge on any atom is -0.464 e. The van der Waals surface area contributed by atoms with Gasteiger partial charge in [-0.15, -0.1) is 23.5 Å². The Morgan fingerprint density at radius 2 is 1.83 bits per heavy atom. The number of Topliss-reactive ketones (excluding diaryl/α,β-unsaturated/α-hetero) is 1. The molecule has 1 unspecified atom stereocenters. The molecule has 0 N–H and O–H groups in total. The second-order valence-electron chi connectivity index (χ2n) is 4.13. The van der Waals surface area contributed by atoms with Crippen molar-refractivity contribution in [3.05, 3.63) is 39.9 Å². The molecular weight excluding hydrogens is 340 g/mol. The molecule has 1 rings (SSSR count). The highest BCUT2D eigenvalue weighted by Crippen LogP contribution is 2.18. The average molecular weight is 356 g/mol. The second-order valence-corrected chi connectivity index (χ2v) is 5.97. The number of carbonyl (C=O) groups excluding carboxylic acids is 2. The van der Waals surface area contributed by atoms with E-state index in [1.807, 2.05) is 0 Å². The largest absolute Gasteiger partial charge is 0.464 e. The summed E-state index contributed by atoms with van der Waals surface area (Å²) in [6.07, 6.45) is 3.57. The summed E-state index contributed by atoms with van der Waals surface area (Å²) in [4.78, 5) is 38.8. The zero-order valence-electron chi connectivity index (χ0n) is 12.8. The summed E-state index contributed by atoms with van der Waals surface area (Å²) in [6.45, 7) is 1.77. The molecule has 0 saturated heterocycles. The molecule has 0 spiro atoms. The Kier molecular flexibility index (Phi) is 7.76. The number of nitrogens with zero attached hydrogens (tertiary/aromatic N) is 2. The number of non-ortho nitro benzene ring substituents is 1. The van der Waals surface area contributed by atoms with E-state index < -0.39 is 22.7 Å². The van der Waals surface area contributed by atoms with Gasteiger partial charge in [-0.2, -0.15) is 0 Å². The molecule has 0 saturated carbocycles. The van der Waals surface area contributed by atoms with E-state index in [0.29, 0.717) is 4.38 Å². The topological polar surface area (TPSA) is 98.9 Å². The third kappa shape index (κ3) is 5.36. The van der Waals surface area contributed by atoms with Crippen LogP contribution < -0.4 is 0 Å². The van der Waals surface area contributed by atoms with Crippen LogP contribution in [0.5, 0.6) is 0 Å². The fourth-order valence-electron chi connectivity index (χ4n) is 1.64. The molecule has 0 amide bonds. The minimum absolute atomic E-state index is 0.131. The monoisotopic (exact) mass is 356 g/mol. The molecule has 124 valence electrons. The lowest BCUT2D eigenvalue weighted by molar-refractivity contribution is -0.384. The average Bonchev–Trinajstić information content (AvgIpc) is 2.55. The molecular formula is C14H16N2O5S2. The maximum atomic E-state index is 12.5. The van der Waals surface area contributed by atoms with Crippen molar-refractivity contribution in [2.75, 3.05) is 19.1 Å². The van der Waals surface area contributed by atoms with Crippen LogP contribution in [0, 0.1) is 10.1 Å². The first-order chi connectivity index (χ1) is 10.9. The van der Waals surface area contributed by atoms with Gasteiger partial charge in [0.15, 0.2) is 5.78 Å². The van der Waals surface area contributed by atoms with Crippen LogP contribution in [0.15, 0.2) is 29.3 Å². The van der Waals surface area contributed by atoms with Crippen LogP contribution in [0.4, 0.5) is 5.69 Å². The van der Waals surface area contributed by atoms with Crippen LogP contribution in [0.2, 0.25) is 0 Å². The van der Waals surface area contributed by atoms with Crippen molar-refractivity contribution in [1.82, 2.24) is 0 Å². The molecule has 23 heavy (non-hydrogen) atoms. The molecule has 7 nitrogen and oxygen atoms in total. The van der Waals surface area contributed by atoms with Gasteiger partial charge >= 0.3 is 5.97 Å². The van der Waals surface area contributed by atoms with Crippen molar-refractivity contribution in [2.24, 2.45) is 4.99 Å². The predicted octanol–water partition coefficient (Wildman–Crippen LogP) is 2.79. The van der Waals surface area contributed by atoms with E-state index in [1.165, 1.54) is 47.8 Å². The zero-order valence-corrected chi connectivity index (χ0v) is 14.5. The molecule has 1 aromatic carbocycles. The lowest BCUT2D eigenvalue weighted by atomic mass is 10.0. The summed E-state index contributed by atoms with van der Waals surface area (Å²) in [7, 11) is 0. The van der Waals surface area contributed by atoms with Crippen molar-refractivity contribution in [3.8, 4) is 0 Å². The molecule has 0 heterocycles. The Morgan fingerprint density at radius 3 is 2.26 bits per heavy atom. The number of benzene rings is 1. The Hall–Kier alpha value is -1.87. The quantitative estimate of drug-likeness (QED) is 0.147. The third-order valence-corrected chi connectivity index (χ3v) is 4.61. The fraction of sp³-hybridized carbons (Fsp3) is 0.357. The van der Waals surface area contributed by atoms with Gasteiger partial charge in [-0.1, -0.05) is 0 Å². The highest BCUT2D eigenvalue weighted by Gasteiger charge is 2.29. The summed E-state index contributed by atoms with van der Waals surface area (Å²) < 4.78 is 5.47. The number of ketones is 1. The van der Waals surface area contributed by atoms with Gasteiger partial charge in [0, 0.05) is 17.7 Å². The second kappa shape index (κ2) is 9.31. The van der Waals surface area contributed by atoms with Gasteiger partial charge in [-0.05, 0) is 31.6 Å². The Balaban J connectivity index is 3.14. The number of aliphatic imine (C=N–C) groups is 1. The van der Waals surface area contributed by atoms with E-state index in [1.54, 1.807) is 19.4 Å². The highest BCUT2D eigenvalue weighted by atomic mass is 32.2. The number of hydrogen-bond donors (Lipinski definition) is 0. The Labute approximate surface area is 142 Å².